The standard InChI is InChI=1S/C15H15F4NO2/c16-9-1-2-13(15(17,18)19)12(5-9)14(21)8-3-10-6-22-7-11(4-8)20-10/h1-2,5,8,10-11,20H,3-4,6-7H2. The molecule has 2 fully saturated rings. The van der Waals surface area contributed by atoms with Gasteiger partial charge < -0.3 is 10.1 Å². The Balaban J connectivity index is 1.90. The molecule has 3 rings (SSSR count). The number of nitrogens with one attached hydrogen (secondary N) is 1. The Hall–Kier alpha value is -1.47. The number of morpholine rings is 1. The lowest BCUT2D eigenvalue weighted by atomic mass is 9.81. The van der Waals surface area contributed by atoms with Crippen molar-refractivity contribution in [1.29, 1.82) is 0 Å². The van der Waals surface area contributed by atoms with Crippen LogP contribution in [0.4, 0.5) is 17.6 Å². The van der Waals surface area contributed by atoms with Gasteiger partial charge in [0.2, 0.25) is 0 Å². The molecule has 2 aliphatic rings. The molecule has 0 amide bonds. The molecule has 1 aromatic carbocycles. The summed E-state index contributed by atoms with van der Waals surface area (Å²) in [6.07, 6.45) is -3.86. The van der Waals surface area contributed by atoms with E-state index in [1.807, 2.05) is 0 Å². The second-order valence-electron chi connectivity index (χ2n) is 5.82. The summed E-state index contributed by atoms with van der Waals surface area (Å²) in [7, 11) is 0. The summed E-state index contributed by atoms with van der Waals surface area (Å²) in [5.41, 5.74) is -1.64. The third kappa shape index (κ3) is 3.01. The number of fused-ring (bicyclic) bond motifs is 2. The van der Waals surface area contributed by atoms with E-state index in [1.54, 1.807) is 0 Å². The molecule has 0 radical (unpaired) electrons. The van der Waals surface area contributed by atoms with Gasteiger partial charge in [-0.3, -0.25) is 4.79 Å². The van der Waals surface area contributed by atoms with E-state index in [1.165, 1.54) is 0 Å². The van der Waals surface area contributed by atoms with Crippen LogP contribution in [0.2, 0.25) is 0 Å². The molecule has 2 atom stereocenters. The maximum atomic E-state index is 13.3. The number of ketones is 1. The summed E-state index contributed by atoms with van der Waals surface area (Å²) >= 11 is 0. The van der Waals surface area contributed by atoms with Gasteiger partial charge in [-0.15, -0.1) is 0 Å². The highest BCUT2D eigenvalue weighted by molar-refractivity contribution is 5.99. The van der Waals surface area contributed by atoms with Crippen molar-refractivity contribution in [1.82, 2.24) is 5.32 Å². The average Bonchev–Trinajstić information content (AvgIpc) is 2.44. The Morgan fingerprint density at radius 1 is 1.18 bits per heavy atom. The minimum atomic E-state index is -4.68. The lowest BCUT2D eigenvalue weighted by Crippen LogP contribution is -2.55. The lowest BCUT2D eigenvalue weighted by molar-refractivity contribution is -0.138. The Morgan fingerprint density at radius 3 is 2.41 bits per heavy atom. The fraction of sp³-hybridized carbons (Fsp3) is 0.533. The van der Waals surface area contributed by atoms with Crippen molar-refractivity contribution in [3.8, 4) is 0 Å². The number of carbonyl (C=O) groups excluding carboxylic acids is 1. The number of ether oxygens (including phenoxy) is 1. The first-order valence-corrected chi connectivity index (χ1v) is 7.09. The maximum Gasteiger partial charge on any atom is 0.417 e. The molecule has 2 saturated heterocycles. The van der Waals surface area contributed by atoms with E-state index in [2.05, 4.69) is 5.32 Å². The summed E-state index contributed by atoms with van der Waals surface area (Å²) in [5.74, 6) is -2.01. The van der Waals surface area contributed by atoms with E-state index in [0.29, 0.717) is 38.2 Å². The van der Waals surface area contributed by atoms with E-state index in [0.717, 1.165) is 6.07 Å². The Morgan fingerprint density at radius 2 is 1.82 bits per heavy atom. The predicted molar refractivity (Wildman–Crippen MR) is 70.0 cm³/mol. The lowest BCUT2D eigenvalue weighted by Gasteiger charge is -2.39. The summed E-state index contributed by atoms with van der Waals surface area (Å²) in [6.45, 7) is 0.880. The van der Waals surface area contributed by atoms with Crippen LogP contribution in [-0.2, 0) is 10.9 Å². The van der Waals surface area contributed by atoms with Crippen molar-refractivity contribution in [2.45, 2.75) is 31.1 Å². The molecule has 0 saturated carbocycles. The molecule has 22 heavy (non-hydrogen) atoms. The molecule has 2 unspecified atom stereocenters. The summed E-state index contributed by atoms with van der Waals surface area (Å²) in [5, 5.41) is 3.27. The molecule has 2 bridgehead atoms. The first kappa shape index (κ1) is 15.4. The highest BCUT2D eigenvalue weighted by atomic mass is 19.4. The predicted octanol–water partition coefficient (Wildman–Crippen LogP) is 2.79. The van der Waals surface area contributed by atoms with Crippen LogP contribution in [-0.4, -0.2) is 31.1 Å². The summed E-state index contributed by atoms with van der Waals surface area (Å²) in [6, 6.07) is 1.98. The van der Waals surface area contributed by atoms with Gasteiger partial charge >= 0.3 is 6.18 Å². The van der Waals surface area contributed by atoms with Gasteiger partial charge in [-0.25, -0.2) is 4.39 Å². The van der Waals surface area contributed by atoms with E-state index < -0.39 is 34.8 Å². The summed E-state index contributed by atoms with van der Waals surface area (Å²) < 4.78 is 57.8. The fourth-order valence-corrected chi connectivity index (χ4v) is 3.24. The van der Waals surface area contributed by atoms with Gasteiger partial charge in [0.05, 0.1) is 18.8 Å². The van der Waals surface area contributed by atoms with Crippen LogP contribution in [0.5, 0.6) is 0 Å². The normalized spacial score (nSPS) is 28.5. The fourth-order valence-electron chi connectivity index (χ4n) is 3.24. The van der Waals surface area contributed by atoms with Crippen LogP contribution >= 0.6 is 0 Å². The Labute approximate surface area is 124 Å². The SMILES string of the molecule is O=C(c1cc(F)ccc1C(F)(F)F)C1CC2COCC(C1)N2. The van der Waals surface area contributed by atoms with Crippen LogP contribution in [0.25, 0.3) is 0 Å². The second-order valence-corrected chi connectivity index (χ2v) is 5.82. The Bertz CT molecular complexity index is 575. The molecule has 1 N–H and O–H groups in total. The molecular weight excluding hydrogens is 302 g/mol. The van der Waals surface area contributed by atoms with Crippen molar-refractivity contribution >= 4 is 5.78 Å². The van der Waals surface area contributed by atoms with E-state index in [4.69, 9.17) is 4.74 Å². The monoisotopic (exact) mass is 317 g/mol. The first-order chi connectivity index (χ1) is 10.3. The molecule has 2 heterocycles. The molecule has 2 aliphatic heterocycles. The highest BCUT2D eigenvalue weighted by Crippen LogP contribution is 2.35. The minimum absolute atomic E-state index is 0.0376. The number of alkyl halides is 3. The van der Waals surface area contributed by atoms with Crippen LogP contribution in [0, 0.1) is 11.7 Å². The van der Waals surface area contributed by atoms with Gasteiger partial charge in [0.1, 0.15) is 5.82 Å². The molecule has 3 nitrogen and oxygen atoms in total. The molecule has 7 heteroatoms. The second kappa shape index (κ2) is 5.62. The minimum Gasteiger partial charge on any atom is -0.378 e. The average molecular weight is 317 g/mol. The maximum absolute atomic E-state index is 13.3. The Kier molecular flexibility index (Phi) is 3.94. The molecular formula is C15H15F4NO2. The van der Waals surface area contributed by atoms with Crippen LogP contribution in [0.1, 0.15) is 28.8 Å². The van der Waals surface area contributed by atoms with Gasteiger partial charge in [-0.2, -0.15) is 13.2 Å². The molecule has 0 aromatic heterocycles. The number of piperidine rings is 1. The zero-order chi connectivity index (χ0) is 15.9. The topological polar surface area (TPSA) is 38.3 Å². The van der Waals surface area contributed by atoms with Crippen LogP contribution in [0.3, 0.4) is 0 Å². The number of halogens is 4. The number of benzene rings is 1. The van der Waals surface area contributed by atoms with Gasteiger partial charge in [0.25, 0.3) is 0 Å². The third-order valence-electron chi connectivity index (χ3n) is 4.17. The van der Waals surface area contributed by atoms with Crippen LogP contribution < -0.4 is 5.32 Å². The number of hydrogen-bond donors (Lipinski definition) is 1. The third-order valence-corrected chi connectivity index (χ3v) is 4.17. The van der Waals surface area contributed by atoms with E-state index in [-0.39, 0.29) is 12.1 Å². The van der Waals surface area contributed by atoms with Gasteiger partial charge in [0.15, 0.2) is 5.78 Å². The number of rotatable bonds is 2. The molecule has 1 aromatic rings. The smallest absolute Gasteiger partial charge is 0.378 e. The van der Waals surface area contributed by atoms with Crippen molar-refractivity contribution < 1.29 is 27.1 Å². The van der Waals surface area contributed by atoms with Crippen molar-refractivity contribution in [3.63, 3.8) is 0 Å². The van der Waals surface area contributed by atoms with Crippen molar-refractivity contribution in [2.75, 3.05) is 13.2 Å². The van der Waals surface area contributed by atoms with E-state index >= 15 is 0 Å². The molecule has 0 aliphatic carbocycles. The van der Waals surface area contributed by atoms with E-state index in [9.17, 15) is 22.4 Å². The van der Waals surface area contributed by atoms with Crippen molar-refractivity contribution in [3.05, 3.63) is 35.1 Å². The van der Waals surface area contributed by atoms with Gasteiger partial charge in [-0.1, -0.05) is 0 Å². The number of carbonyl (C=O) groups is 1. The van der Waals surface area contributed by atoms with Crippen LogP contribution in [0.15, 0.2) is 18.2 Å². The molecule has 120 valence electrons. The largest absolute Gasteiger partial charge is 0.417 e. The zero-order valence-corrected chi connectivity index (χ0v) is 11.6. The summed E-state index contributed by atoms with van der Waals surface area (Å²) in [4.78, 5) is 12.5. The van der Waals surface area contributed by atoms with Gasteiger partial charge in [0, 0.05) is 23.6 Å². The zero-order valence-electron chi connectivity index (χ0n) is 11.6. The van der Waals surface area contributed by atoms with Crippen molar-refractivity contribution in [2.24, 2.45) is 5.92 Å². The highest BCUT2D eigenvalue weighted by Gasteiger charge is 2.40. The first-order valence-electron chi connectivity index (χ1n) is 7.09. The quantitative estimate of drug-likeness (QED) is 0.673. The number of hydrogen-bond acceptors (Lipinski definition) is 3. The molecule has 0 spiro atoms. The van der Waals surface area contributed by atoms with Gasteiger partial charge in [-0.05, 0) is 31.0 Å². The number of Topliss-reactive ketones (excluding diaryl/α,β-unsaturated/α-hetero) is 1.